The van der Waals surface area contributed by atoms with Gasteiger partial charge in [-0.05, 0) is 25.7 Å². The second kappa shape index (κ2) is 21.8. The Labute approximate surface area is 295 Å². The standard InChI is InChI=1S/C40H52N2O4S2/c43-37-29-35(39(45)33-23-15-13-21-31(33)37)41-25-17-9-5-1-3-7-11-19-27-47-48-28-20-12-8-4-2-6-10-18-26-42-36-30-38(44)32-22-14-16-24-34(32)40(36)46/h13-16,21-24,29-30,41-42H,1-12,17-20,25-28H2. The highest BCUT2D eigenvalue weighted by molar-refractivity contribution is 8.76. The van der Waals surface area contributed by atoms with Gasteiger partial charge in [0.2, 0.25) is 11.6 Å². The molecule has 8 heteroatoms. The summed E-state index contributed by atoms with van der Waals surface area (Å²) >= 11 is 0. The lowest BCUT2D eigenvalue weighted by atomic mass is 9.93. The number of rotatable bonds is 25. The summed E-state index contributed by atoms with van der Waals surface area (Å²) in [5.41, 5.74) is 2.87. The zero-order valence-corrected chi connectivity index (χ0v) is 30.0. The molecule has 0 aliphatic heterocycles. The first-order valence-corrected chi connectivity index (χ1v) is 20.6. The van der Waals surface area contributed by atoms with E-state index < -0.39 is 0 Å². The van der Waals surface area contributed by atoms with Crippen LogP contribution in [0.3, 0.4) is 0 Å². The molecule has 0 unspecified atom stereocenters. The molecule has 0 bridgehead atoms. The van der Waals surface area contributed by atoms with E-state index in [0.717, 1.165) is 38.8 Å². The summed E-state index contributed by atoms with van der Waals surface area (Å²) in [5.74, 6) is 2.16. The summed E-state index contributed by atoms with van der Waals surface area (Å²) in [7, 11) is 4.07. The van der Waals surface area contributed by atoms with Crippen LogP contribution >= 0.6 is 21.6 Å². The fourth-order valence-corrected chi connectivity index (χ4v) is 8.44. The number of hydrogen-bond donors (Lipinski definition) is 2. The van der Waals surface area contributed by atoms with E-state index >= 15 is 0 Å². The Morgan fingerprint density at radius 1 is 0.396 bits per heavy atom. The van der Waals surface area contributed by atoms with Crippen molar-refractivity contribution < 1.29 is 19.2 Å². The van der Waals surface area contributed by atoms with E-state index in [2.05, 4.69) is 10.6 Å². The van der Waals surface area contributed by atoms with Crippen LogP contribution in [-0.2, 0) is 0 Å². The maximum Gasteiger partial charge on any atom is 0.209 e. The summed E-state index contributed by atoms with van der Waals surface area (Å²) in [6, 6.07) is 14.1. The molecule has 2 aliphatic carbocycles. The number of hydrogen-bond acceptors (Lipinski definition) is 8. The maximum atomic E-state index is 12.6. The fourth-order valence-electron chi connectivity index (χ4n) is 6.15. The lowest BCUT2D eigenvalue weighted by Crippen LogP contribution is -2.27. The number of carbonyl (C=O) groups is 4. The minimum Gasteiger partial charge on any atom is -0.382 e. The number of ketones is 4. The fraction of sp³-hybridized carbons (Fsp3) is 0.500. The van der Waals surface area contributed by atoms with Crippen molar-refractivity contribution in [3.8, 4) is 0 Å². The van der Waals surface area contributed by atoms with Gasteiger partial charge in [-0.25, -0.2) is 0 Å². The van der Waals surface area contributed by atoms with Gasteiger partial charge in [0.25, 0.3) is 0 Å². The van der Waals surface area contributed by atoms with Crippen LogP contribution in [-0.4, -0.2) is 47.7 Å². The minimum atomic E-state index is -0.0940. The van der Waals surface area contributed by atoms with Gasteiger partial charge in [-0.2, -0.15) is 0 Å². The number of benzene rings is 2. The monoisotopic (exact) mass is 688 g/mol. The Morgan fingerprint density at radius 2 is 0.708 bits per heavy atom. The van der Waals surface area contributed by atoms with Crippen molar-refractivity contribution in [3.63, 3.8) is 0 Å². The molecular formula is C40H52N2O4S2. The third-order valence-electron chi connectivity index (χ3n) is 8.94. The average molecular weight is 689 g/mol. The molecule has 0 radical (unpaired) electrons. The van der Waals surface area contributed by atoms with E-state index in [1.54, 1.807) is 48.5 Å². The molecule has 0 saturated carbocycles. The third-order valence-corrected chi connectivity index (χ3v) is 11.5. The maximum absolute atomic E-state index is 12.6. The summed E-state index contributed by atoms with van der Waals surface area (Å²) in [6.07, 6.45) is 22.7. The Bertz CT molecular complexity index is 1330. The second-order valence-corrected chi connectivity index (χ2v) is 15.5. The number of fused-ring (bicyclic) bond motifs is 2. The second-order valence-electron chi connectivity index (χ2n) is 12.7. The number of Topliss-reactive ketones (excluding diaryl/α,β-unsaturated/α-hetero) is 2. The van der Waals surface area contributed by atoms with E-state index in [4.69, 9.17) is 0 Å². The zero-order chi connectivity index (χ0) is 33.8. The van der Waals surface area contributed by atoms with Gasteiger partial charge in [0.05, 0.1) is 11.4 Å². The summed E-state index contributed by atoms with van der Waals surface area (Å²) in [5, 5.41) is 6.37. The van der Waals surface area contributed by atoms with Crippen molar-refractivity contribution in [2.75, 3.05) is 24.6 Å². The Balaban J connectivity index is 0.843. The Hall–Kier alpha value is -3.10. The first-order chi connectivity index (χ1) is 23.6. The van der Waals surface area contributed by atoms with E-state index in [1.807, 2.05) is 21.6 Å². The quantitative estimate of drug-likeness (QED) is 0.0787. The zero-order valence-electron chi connectivity index (χ0n) is 28.4. The lowest BCUT2D eigenvalue weighted by molar-refractivity contribution is 0.0978. The molecule has 0 atom stereocenters. The van der Waals surface area contributed by atoms with Crippen LogP contribution in [0.5, 0.6) is 0 Å². The minimum absolute atomic E-state index is 0.0794. The normalized spacial score (nSPS) is 14.0. The number of unbranched alkanes of at least 4 members (excludes halogenated alkanes) is 14. The lowest BCUT2D eigenvalue weighted by Gasteiger charge is -2.16. The van der Waals surface area contributed by atoms with Crippen molar-refractivity contribution in [1.29, 1.82) is 0 Å². The van der Waals surface area contributed by atoms with Crippen LogP contribution in [0.2, 0.25) is 0 Å². The molecule has 0 aromatic heterocycles. The number of carbonyl (C=O) groups excluding carboxylic acids is 4. The molecule has 48 heavy (non-hydrogen) atoms. The molecule has 6 nitrogen and oxygen atoms in total. The smallest absolute Gasteiger partial charge is 0.209 e. The molecule has 2 aliphatic rings. The van der Waals surface area contributed by atoms with Gasteiger partial charge in [0.15, 0.2) is 11.6 Å². The van der Waals surface area contributed by atoms with Gasteiger partial charge in [0.1, 0.15) is 0 Å². The predicted molar refractivity (Wildman–Crippen MR) is 201 cm³/mol. The molecule has 0 heterocycles. The largest absolute Gasteiger partial charge is 0.382 e. The highest BCUT2D eigenvalue weighted by atomic mass is 33.1. The van der Waals surface area contributed by atoms with Gasteiger partial charge < -0.3 is 10.6 Å². The van der Waals surface area contributed by atoms with Gasteiger partial charge in [-0.15, -0.1) is 0 Å². The SMILES string of the molecule is O=C1C=C(NCCCCCCCCCCSSCCCCCCCCCCNC2=CC(=O)c3ccccc3C2=O)C(=O)c2ccccc21. The predicted octanol–water partition coefficient (Wildman–Crippen LogP) is 9.71. The van der Waals surface area contributed by atoms with Crippen molar-refractivity contribution in [2.24, 2.45) is 0 Å². The molecule has 2 N–H and O–H groups in total. The molecular weight excluding hydrogens is 637 g/mol. The van der Waals surface area contributed by atoms with Gasteiger partial charge in [-0.3, -0.25) is 19.2 Å². The first-order valence-electron chi connectivity index (χ1n) is 18.1. The van der Waals surface area contributed by atoms with E-state index in [1.165, 1.54) is 101 Å². The van der Waals surface area contributed by atoms with Gasteiger partial charge in [-0.1, -0.05) is 147 Å². The van der Waals surface area contributed by atoms with Crippen molar-refractivity contribution in [1.82, 2.24) is 10.6 Å². The van der Waals surface area contributed by atoms with E-state index in [-0.39, 0.29) is 23.1 Å². The molecule has 0 saturated heterocycles. The third kappa shape index (κ3) is 12.4. The van der Waals surface area contributed by atoms with Crippen molar-refractivity contribution in [2.45, 2.75) is 103 Å². The van der Waals surface area contributed by atoms with E-state index in [0.29, 0.717) is 33.6 Å². The average Bonchev–Trinajstić information content (AvgIpc) is 3.10. The summed E-state index contributed by atoms with van der Waals surface area (Å²) < 4.78 is 0. The first kappa shape index (κ1) is 37.7. The summed E-state index contributed by atoms with van der Waals surface area (Å²) in [4.78, 5) is 49.7. The molecule has 0 fully saturated rings. The van der Waals surface area contributed by atoms with Crippen LogP contribution < -0.4 is 10.6 Å². The van der Waals surface area contributed by atoms with Crippen LogP contribution in [0.1, 0.15) is 144 Å². The highest BCUT2D eigenvalue weighted by Gasteiger charge is 2.25. The van der Waals surface area contributed by atoms with Crippen molar-refractivity contribution >= 4 is 44.7 Å². The number of nitrogens with one attached hydrogen (secondary N) is 2. The van der Waals surface area contributed by atoms with Crippen LogP contribution in [0.25, 0.3) is 0 Å². The van der Waals surface area contributed by atoms with Crippen LogP contribution in [0.4, 0.5) is 0 Å². The van der Waals surface area contributed by atoms with Crippen molar-refractivity contribution in [3.05, 3.63) is 94.3 Å². The molecule has 258 valence electrons. The van der Waals surface area contributed by atoms with Gasteiger partial charge in [0, 0.05) is 59.0 Å². The molecule has 4 rings (SSSR count). The molecule has 0 spiro atoms. The van der Waals surface area contributed by atoms with Crippen LogP contribution in [0.15, 0.2) is 72.1 Å². The molecule has 0 amide bonds. The highest BCUT2D eigenvalue weighted by Crippen LogP contribution is 2.25. The van der Waals surface area contributed by atoms with Gasteiger partial charge >= 0.3 is 0 Å². The molecule has 2 aromatic rings. The Morgan fingerprint density at radius 3 is 1.08 bits per heavy atom. The summed E-state index contributed by atoms with van der Waals surface area (Å²) in [6.45, 7) is 1.46. The topological polar surface area (TPSA) is 92.3 Å². The van der Waals surface area contributed by atoms with Crippen LogP contribution in [0, 0.1) is 0 Å². The number of allylic oxidation sites excluding steroid dienone is 4. The Kier molecular flexibility index (Phi) is 17.1. The molecule has 2 aromatic carbocycles. The van der Waals surface area contributed by atoms with E-state index in [9.17, 15) is 19.2 Å².